The molecular formula is C16H23ClN2O2. The van der Waals surface area contributed by atoms with E-state index in [-0.39, 0.29) is 5.91 Å². The van der Waals surface area contributed by atoms with Crippen LogP contribution in [0.3, 0.4) is 0 Å². The minimum atomic E-state index is 0.0226. The zero-order valence-electron chi connectivity index (χ0n) is 12.7. The van der Waals surface area contributed by atoms with Gasteiger partial charge in [0.15, 0.2) is 0 Å². The number of nitrogens with zero attached hydrogens (tertiary/aromatic N) is 1. The Morgan fingerprint density at radius 3 is 3.05 bits per heavy atom. The van der Waals surface area contributed by atoms with Gasteiger partial charge in [0.05, 0.1) is 6.10 Å². The average molecular weight is 311 g/mol. The zero-order valence-corrected chi connectivity index (χ0v) is 13.4. The van der Waals surface area contributed by atoms with Gasteiger partial charge in [-0.15, -0.1) is 0 Å². The van der Waals surface area contributed by atoms with Gasteiger partial charge in [-0.2, -0.15) is 0 Å². The third-order valence-electron chi connectivity index (χ3n) is 3.91. The van der Waals surface area contributed by atoms with E-state index in [1.165, 1.54) is 0 Å². The Morgan fingerprint density at radius 2 is 2.33 bits per heavy atom. The summed E-state index contributed by atoms with van der Waals surface area (Å²) in [6, 6.07) is 5.57. The first kappa shape index (κ1) is 16.3. The lowest BCUT2D eigenvalue weighted by molar-refractivity contribution is -0.116. The predicted octanol–water partition coefficient (Wildman–Crippen LogP) is 3.09. The Balaban J connectivity index is 1.78. The quantitative estimate of drug-likeness (QED) is 0.908. The fourth-order valence-electron chi connectivity index (χ4n) is 2.56. The molecule has 1 fully saturated rings. The number of rotatable bonds is 5. The van der Waals surface area contributed by atoms with Gasteiger partial charge >= 0.3 is 0 Å². The van der Waals surface area contributed by atoms with E-state index in [2.05, 4.69) is 10.2 Å². The van der Waals surface area contributed by atoms with Crippen LogP contribution in [-0.4, -0.2) is 43.7 Å². The number of amides is 1. The van der Waals surface area contributed by atoms with Crippen molar-refractivity contribution in [3.63, 3.8) is 0 Å². The molecule has 1 aliphatic rings. The summed E-state index contributed by atoms with van der Waals surface area (Å²) >= 11 is 6.05. The standard InChI is InChI=1S/C16H23ClN2O2/c1-12-5-6-13(10-15(12)17)18-16(20)7-9-19-8-3-4-14(11-19)21-2/h5-6,10,14H,3-4,7-9,11H2,1-2H3,(H,18,20)/t14-/m1/s1. The smallest absolute Gasteiger partial charge is 0.225 e. The Morgan fingerprint density at radius 1 is 1.52 bits per heavy atom. The van der Waals surface area contributed by atoms with Crippen LogP contribution in [-0.2, 0) is 9.53 Å². The summed E-state index contributed by atoms with van der Waals surface area (Å²) in [4.78, 5) is 14.3. The number of carbonyl (C=O) groups excluding carboxylic acids is 1. The molecule has 0 spiro atoms. The van der Waals surface area contributed by atoms with Crippen LogP contribution in [0.25, 0.3) is 0 Å². The van der Waals surface area contributed by atoms with Crippen LogP contribution in [0.2, 0.25) is 5.02 Å². The van der Waals surface area contributed by atoms with Gasteiger partial charge in [0.25, 0.3) is 0 Å². The number of benzene rings is 1. The van der Waals surface area contributed by atoms with Crippen molar-refractivity contribution in [2.24, 2.45) is 0 Å². The number of ether oxygens (including phenoxy) is 1. The van der Waals surface area contributed by atoms with Crippen molar-refractivity contribution in [3.8, 4) is 0 Å². The Labute approximate surface area is 131 Å². The lowest BCUT2D eigenvalue weighted by Crippen LogP contribution is -2.40. The largest absolute Gasteiger partial charge is 0.380 e. The molecule has 116 valence electrons. The monoisotopic (exact) mass is 310 g/mol. The summed E-state index contributed by atoms with van der Waals surface area (Å²) in [7, 11) is 1.75. The van der Waals surface area contributed by atoms with Gasteiger partial charge < -0.3 is 15.0 Å². The van der Waals surface area contributed by atoms with E-state index >= 15 is 0 Å². The Bertz CT molecular complexity index is 493. The Hall–Kier alpha value is -1.10. The van der Waals surface area contributed by atoms with Crippen molar-refractivity contribution in [3.05, 3.63) is 28.8 Å². The topological polar surface area (TPSA) is 41.6 Å². The van der Waals surface area contributed by atoms with Crippen molar-refractivity contribution in [1.29, 1.82) is 0 Å². The van der Waals surface area contributed by atoms with Crippen molar-refractivity contribution >= 4 is 23.2 Å². The van der Waals surface area contributed by atoms with Gasteiger partial charge in [-0.1, -0.05) is 17.7 Å². The average Bonchev–Trinajstić information content (AvgIpc) is 2.49. The second-order valence-electron chi connectivity index (χ2n) is 5.56. The van der Waals surface area contributed by atoms with E-state index in [0.29, 0.717) is 17.5 Å². The van der Waals surface area contributed by atoms with Crippen molar-refractivity contribution in [1.82, 2.24) is 4.90 Å². The van der Waals surface area contributed by atoms with Crippen LogP contribution < -0.4 is 5.32 Å². The molecule has 0 aromatic heterocycles. The molecule has 5 heteroatoms. The first-order valence-electron chi connectivity index (χ1n) is 7.39. The molecule has 1 saturated heterocycles. The molecule has 0 radical (unpaired) electrons. The van der Waals surface area contributed by atoms with Crippen LogP contribution in [0, 0.1) is 6.92 Å². The van der Waals surface area contributed by atoms with E-state index in [4.69, 9.17) is 16.3 Å². The normalized spacial score (nSPS) is 19.5. The maximum Gasteiger partial charge on any atom is 0.225 e. The van der Waals surface area contributed by atoms with E-state index < -0.39 is 0 Å². The number of halogens is 1. The number of methoxy groups -OCH3 is 1. The minimum Gasteiger partial charge on any atom is -0.380 e. The molecule has 1 aromatic rings. The first-order valence-corrected chi connectivity index (χ1v) is 7.77. The highest BCUT2D eigenvalue weighted by atomic mass is 35.5. The zero-order chi connectivity index (χ0) is 15.2. The third-order valence-corrected chi connectivity index (χ3v) is 4.31. The first-order chi connectivity index (χ1) is 10.1. The summed E-state index contributed by atoms with van der Waals surface area (Å²) in [5.74, 6) is 0.0226. The highest BCUT2D eigenvalue weighted by Crippen LogP contribution is 2.20. The third kappa shape index (κ3) is 4.99. The molecule has 1 N–H and O–H groups in total. The van der Waals surface area contributed by atoms with E-state index in [9.17, 15) is 4.79 Å². The summed E-state index contributed by atoms with van der Waals surface area (Å²) < 4.78 is 5.39. The highest BCUT2D eigenvalue weighted by molar-refractivity contribution is 6.31. The maximum atomic E-state index is 12.0. The number of nitrogens with one attached hydrogen (secondary N) is 1. The predicted molar refractivity (Wildman–Crippen MR) is 85.9 cm³/mol. The van der Waals surface area contributed by atoms with E-state index in [1.54, 1.807) is 13.2 Å². The number of hydrogen-bond donors (Lipinski definition) is 1. The second-order valence-corrected chi connectivity index (χ2v) is 5.97. The maximum absolute atomic E-state index is 12.0. The summed E-state index contributed by atoms with van der Waals surface area (Å²) in [6.07, 6.45) is 3.04. The van der Waals surface area contributed by atoms with Gasteiger partial charge in [-0.3, -0.25) is 4.79 Å². The fraction of sp³-hybridized carbons (Fsp3) is 0.562. The summed E-state index contributed by atoms with van der Waals surface area (Å²) in [6.45, 7) is 4.67. The van der Waals surface area contributed by atoms with Crippen LogP contribution in [0.4, 0.5) is 5.69 Å². The molecule has 0 aliphatic carbocycles. The van der Waals surface area contributed by atoms with Gasteiger partial charge in [-0.05, 0) is 44.0 Å². The fourth-order valence-corrected chi connectivity index (χ4v) is 2.74. The van der Waals surface area contributed by atoms with Crippen molar-refractivity contribution < 1.29 is 9.53 Å². The molecule has 21 heavy (non-hydrogen) atoms. The molecule has 2 rings (SSSR count). The van der Waals surface area contributed by atoms with Crippen LogP contribution in [0.1, 0.15) is 24.8 Å². The number of aryl methyl sites for hydroxylation is 1. The SMILES string of the molecule is CO[C@@H]1CCCN(CCC(=O)Nc2ccc(C)c(Cl)c2)C1. The Kier molecular flexibility index (Phi) is 6.03. The molecule has 4 nitrogen and oxygen atoms in total. The van der Waals surface area contributed by atoms with Crippen LogP contribution in [0.5, 0.6) is 0 Å². The van der Waals surface area contributed by atoms with Crippen molar-refractivity contribution in [2.45, 2.75) is 32.3 Å². The lowest BCUT2D eigenvalue weighted by atomic mass is 10.1. The van der Waals surface area contributed by atoms with Gasteiger partial charge in [0, 0.05) is 37.3 Å². The molecule has 1 atom stereocenters. The van der Waals surface area contributed by atoms with Gasteiger partial charge in [-0.25, -0.2) is 0 Å². The lowest BCUT2D eigenvalue weighted by Gasteiger charge is -2.31. The summed E-state index contributed by atoms with van der Waals surface area (Å²) in [5, 5.41) is 3.57. The second kappa shape index (κ2) is 7.78. The molecular weight excluding hydrogens is 288 g/mol. The van der Waals surface area contributed by atoms with E-state index in [1.807, 2.05) is 19.1 Å². The number of piperidine rings is 1. The number of anilines is 1. The molecule has 1 aromatic carbocycles. The molecule has 1 heterocycles. The van der Waals surface area contributed by atoms with E-state index in [0.717, 1.165) is 43.7 Å². The minimum absolute atomic E-state index is 0.0226. The van der Waals surface area contributed by atoms with Gasteiger partial charge in [0.1, 0.15) is 0 Å². The molecule has 0 unspecified atom stereocenters. The van der Waals surface area contributed by atoms with Crippen LogP contribution >= 0.6 is 11.6 Å². The van der Waals surface area contributed by atoms with Gasteiger partial charge in [0.2, 0.25) is 5.91 Å². The molecule has 1 aliphatic heterocycles. The number of likely N-dealkylation sites (tertiary alicyclic amines) is 1. The molecule has 0 saturated carbocycles. The summed E-state index contributed by atoms with van der Waals surface area (Å²) in [5.41, 5.74) is 1.76. The van der Waals surface area contributed by atoms with Crippen molar-refractivity contribution in [2.75, 3.05) is 32.1 Å². The molecule has 0 bridgehead atoms. The highest BCUT2D eigenvalue weighted by Gasteiger charge is 2.19. The van der Waals surface area contributed by atoms with Crippen LogP contribution in [0.15, 0.2) is 18.2 Å². The molecule has 1 amide bonds. The number of carbonyl (C=O) groups is 1. The number of hydrogen-bond acceptors (Lipinski definition) is 3.